The first-order chi connectivity index (χ1) is 34.8. The summed E-state index contributed by atoms with van der Waals surface area (Å²) in [7, 11) is 1.51. The van der Waals surface area contributed by atoms with Crippen LogP contribution in [0.4, 0.5) is 0 Å². The van der Waals surface area contributed by atoms with Crippen molar-refractivity contribution in [1.29, 1.82) is 0 Å². The second kappa shape index (κ2) is 31.6. The number of nitrogens with two attached hydrogens (primary N) is 2. The zero-order valence-electron chi connectivity index (χ0n) is 45.6. The van der Waals surface area contributed by atoms with Crippen LogP contribution in [0.25, 0.3) is 0 Å². The van der Waals surface area contributed by atoms with Gasteiger partial charge in [0.15, 0.2) is 5.96 Å². The maximum atomic E-state index is 14.2. The Kier molecular flexibility index (Phi) is 27.4. The van der Waals surface area contributed by atoms with Crippen LogP contribution >= 0.6 is 0 Å². The van der Waals surface area contributed by atoms with Crippen molar-refractivity contribution in [3.8, 4) is 0 Å². The molecule has 2 aliphatic rings. The molecule has 13 N–H and O–H groups in total. The van der Waals surface area contributed by atoms with Crippen LogP contribution in [0.5, 0.6) is 0 Å². The number of carbonyl (C=O) groups is 10. The SMILES string of the molecule is CCC[C@H](NC(=O)[C@@H](NC(=O)[C@H](NC(=O)[C@@H](NC(=O)[C@H]1CC[C@@H](NC(=O)CN(C)C(C)=O)C1)C(C)C)[C@@H](C)CC)[C@@H](C)O)C(=O)N[C@H](C(=O)N[C@@H](CCCN=C(N)N)C(=O)N1CCC[C@H]1C(=O)NCC)[C@@H](C)CC. The van der Waals surface area contributed by atoms with Crippen LogP contribution in [-0.4, -0.2) is 168 Å². The molecule has 0 radical (unpaired) electrons. The molecule has 0 aromatic heterocycles. The number of aliphatic hydroxyl groups is 1. The predicted octanol–water partition coefficient (Wildman–Crippen LogP) is -1.23. The Morgan fingerprint density at radius 2 is 1.24 bits per heavy atom. The molecule has 2 fully saturated rings. The van der Waals surface area contributed by atoms with E-state index >= 15 is 0 Å². The molecule has 1 saturated carbocycles. The van der Waals surface area contributed by atoms with Crippen molar-refractivity contribution in [2.24, 2.45) is 40.1 Å². The van der Waals surface area contributed by atoms with Crippen LogP contribution in [0.15, 0.2) is 4.99 Å². The van der Waals surface area contributed by atoms with Gasteiger partial charge in [0.05, 0.1) is 12.6 Å². The van der Waals surface area contributed by atoms with E-state index in [1.54, 1.807) is 48.5 Å². The summed E-state index contributed by atoms with van der Waals surface area (Å²) in [5, 5.41) is 32.9. The highest BCUT2D eigenvalue weighted by Gasteiger charge is 2.41. The lowest BCUT2D eigenvalue weighted by atomic mass is 9.95. The van der Waals surface area contributed by atoms with Gasteiger partial charge in [-0.1, -0.05) is 67.7 Å². The number of likely N-dealkylation sites (tertiary alicyclic amines) is 1. The number of guanidine groups is 1. The van der Waals surface area contributed by atoms with E-state index in [0.29, 0.717) is 70.9 Å². The van der Waals surface area contributed by atoms with Crippen molar-refractivity contribution in [2.45, 2.75) is 194 Å². The van der Waals surface area contributed by atoms with E-state index in [2.05, 4.69) is 47.5 Å². The third-order valence-corrected chi connectivity index (χ3v) is 13.9. The molecule has 12 atom stereocenters. The summed E-state index contributed by atoms with van der Waals surface area (Å²) >= 11 is 0. The molecule has 0 spiro atoms. The summed E-state index contributed by atoms with van der Waals surface area (Å²) in [4.78, 5) is 142. The maximum Gasteiger partial charge on any atom is 0.245 e. The summed E-state index contributed by atoms with van der Waals surface area (Å²) in [6.45, 7) is 17.5. The van der Waals surface area contributed by atoms with Gasteiger partial charge in [-0.05, 0) is 83.0 Å². The van der Waals surface area contributed by atoms with Crippen LogP contribution in [0.3, 0.4) is 0 Å². The average molecular weight is 1050 g/mol. The smallest absolute Gasteiger partial charge is 0.245 e. The molecule has 1 saturated heterocycles. The van der Waals surface area contributed by atoms with Gasteiger partial charge >= 0.3 is 0 Å². The van der Waals surface area contributed by atoms with E-state index in [1.807, 2.05) is 6.92 Å². The Labute approximate surface area is 437 Å². The van der Waals surface area contributed by atoms with Crippen molar-refractivity contribution in [1.82, 2.24) is 52.3 Å². The van der Waals surface area contributed by atoms with Gasteiger partial charge in [-0.15, -0.1) is 0 Å². The van der Waals surface area contributed by atoms with E-state index in [-0.39, 0.29) is 55.7 Å². The lowest BCUT2D eigenvalue weighted by Gasteiger charge is -2.32. The van der Waals surface area contributed by atoms with Gasteiger partial charge < -0.3 is 68.9 Å². The van der Waals surface area contributed by atoms with Crippen LogP contribution in [0, 0.1) is 23.7 Å². The van der Waals surface area contributed by atoms with Crippen LogP contribution in [0.2, 0.25) is 0 Å². The third-order valence-electron chi connectivity index (χ3n) is 13.9. The van der Waals surface area contributed by atoms with Gasteiger partial charge in [0.1, 0.15) is 42.3 Å². The molecule has 1 aliphatic heterocycles. The Morgan fingerprint density at radius 1 is 0.689 bits per heavy atom. The standard InChI is InChI=1S/C50H89N13O11/c1-12-18-34(43(68)59-39(28(7)13-2)46(71)57-35(19-16-23-54-50(51)52)49(74)63-24-17-20-36(63)44(69)53-15-4)56-48(73)41(30(9)64)61-47(72)40(29(8)14-3)60-45(70)38(27(5)6)58-42(67)32-21-22-33(25-32)55-37(66)26-62(11)31(10)65/h27-30,32-36,38-41,64H,12-26H2,1-11H3,(H,53,69)(H,55,66)(H,56,73)(H,57,71)(H,58,67)(H,59,68)(H,60,70)(H,61,72)(H4,51,52,54)/t28-,29-,30+,32-,33+,34-,35-,36-,38-,39-,40+,41-/m0/s1. The average Bonchev–Trinajstić information content (AvgIpc) is 4.03. The number of hydrogen-bond donors (Lipinski definition) is 11. The highest BCUT2D eigenvalue weighted by molar-refractivity contribution is 5.98. The van der Waals surface area contributed by atoms with Gasteiger partial charge in [0, 0.05) is 45.6 Å². The van der Waals surface area contributed by atoms with Crippen LogP contribution in [0.1, 0.15) is 140 Å². The Hall–Kier alpha value is -6.07. The Morgan fingerprint density at radius 3 is 1.78 bits per heavy atom. The van der Waals surface area contributed by atoms with Crippen molar-refractivity contribution < 1.29 is 53.1 Å². The van der Waals surface area contributed by atoms with Gasteiger partial charge in [-0.3, -0.25) is 52.9 Å². The highest BCUT2D eigenvalue weighted by atomic mass is 16.3. The fourth-order valence-corrected chi connectivity index (χ4v) is 8.94. The third kappa shape index (κ3) is 20.0. The second-order valence-electron chi connectivity index (χ2n) is 20.3. The quantitative estimate of drug-likeness (QED) is 0.0228. The molecule has 1 heterocycles. The zero-order chi connectivity index (χ0) is 56.0. The molecule has 0 aromatic carbocycles. The van der Waals surface area contributed by atoms with E-state index in [4.69, 9.17) is 11.5 Å². The molecular weight excluding hydrogens is 959 g/mol. The molecule has 24 heteroatoms. The van der Waals surface area contributed by atoms with Crippen molar-refractivity contribution in [2.75, 3.05) is 33.2 Å². The van der Waals surface area contributed by atoms with Crippen LogP contribution < -0.4 is 54.0 Å². The molecule has 420 valence electrons. The van der Waals surface area contributed by atoms with Crippen molar-refractivity contribution in [3.63, 3.8) is 0 Å². The van der Waals surface area contributed by atoms with Crippen molar-refractivity contribution in [3.05, 3.63) is 0 Å². The maximum absolute atomic E-state index is 14.2. The monoisotopic (exact) mass is 1050 g/mol. The number of aliphatic imine (C=N–C) groups is 1. The number of rotatable bonds is 30. The number of hydrogen-bond acceptors (Lipinski definition) is 12. The zero-order valence-corrected chi connectivity index (χ0v) is 45.6. The molecule has 0 unspecified atom stereocenters. The minimum Gasteiger partial charge on any atom is -0.391 e. The number of likely N-dealkylation sites (N-methyl/N-ethyl adjacent to an activating group) is 2. The van der Waals surface area contributed by atoms with Crippen LogP contribution in [-0.2, 0) is 47.9 Å². The highest BCUT2D eigenvalue weighted by Crippen LogP contribution is 2.26. The molecule has 2 rings (SSSR count). The lowest BCUT2D eigenvalue weighted by molar-refractivity contribution is -0.142. The van der Waals surface area contributed by atoms with Crippen molar-refractivity contribution >= 4 is 65.0 Å². The summed E-state index contributed by atoms with van der Waals surface area (Å²) in [5.41, 5.74) is 11.0. The van der Waals surface area contributed by atoms with E-state index in [0.717, 1.165) is 0 Å². The first kappa shape index (κ1) is 64.0. The minimum atomic E-state index is -1.61. The Bertz CT molecular complexity index is 1960. The molecule has 24 nitrogen and oxygen atoms in total. The lowest BCUT2D eigenvalue weighted by Crippen LogP contribution is -2.63. The largest absolute Gasteiger partial charge is 0.391 e. The number of aliphatic hydroxyl groups excluding tert-OH is 1. The molecular formula is C50H89N13O11. The summed E-state index contributed by atoms with van der Waals surface area (Å²) in [6, 6.07) is -8.44. The first-order valence-electron chi connectivity index (χ1n) is 26.5. The topological polar surface area (TPSA) is 358 Å². The second-order valence-corrected chi connectivity index (χ2v) is 20.3. The number of nitrogens with zero attached hydrogens (tertiary/aromatic N) is 3. The number of carbonyl (C=O) groups excluding carboxylic acids is 10. The number of amides is 10. The molecule has 74 heavy (non-hydrogen) atoms. The van der Waals surface area contributed by atoms with E-state index < -0.39 is 113 Å². The summed E-state index contributed by atoms with van der Waals surface area (Å²) in [6.07, 6.45) is 2.61. The Balaban J connectivity index is 2.26. The summed E-state index contributed by atoms with van der Waals surface area (Å²) in [5.74, 6) is -7.56. The molecule has 1 aliphatic carbocycles. The van der Waals surface area contributed by atoms with Gasteiger partial charge in [0.25, 0.3) is 0 Å². The van der Waals surface area contributed by atoms with E-state index in [1.165, 1.54) is 30.7 Å². The van der Waals surface area contributed by atoms with E-state index in [9.17, 15) is 53.1 Å². The normalized spacial score (nSPS) is 19.9. The molecule has 10 amide bonds. The predicted molar refractivity (Wildman–Crippen MR) is 278 cm³/mol. The molecule has 0 aromatic rings. The summed E-state index contributed by atoms with van der Waals surface area (Å²) < 4.78 is 0. The van der Waals surface area contributed by atoms with Gasteiger partial charge in [-0.25, -0.2) is 0 Å². The minimum absolute atomic E-state index is 0.0949. The van der Waals surface area contributed by atoms with Gasteiger partial charge in [-0.2, -0.15) is 0 Å². The molecule has 0 bridgehead atoms. The fourth-order valence-electron chi connectivity index (χ4n) is 8.94. The van der Waals surface area contributed by atoms with Gasteiger partial charge in [0.2, 0.25) is 59.1 Å². The fraction of sp³-hybridized carbons (Fsp3) is 0.780. The first-order valence-corrected chi connectivity index (χ1v) is 26.5. The number of nitrogens with one attached hydrogen (secondary N) is 8.